The first kappa shape index (κ1) is 21.0. The Morgan fingerprint density at radius 3 is 2.59 bits per heavy atom. The maximum Gasteiger partial charge on any atom is 0.409 e. The van der Waals surface area contributed by atoms with Crippen LogP contribution in [0.4, 0.5) is 9.59 Å². The van der Waals surface area contributed by atoms with Gasteiger partial charge in [-0.2, -0.15) is 0 Å². The molecule has 0 unspecified atom stereocenters. The SMILES string of the molecule is CCOC(=O)N1CCC(NC(=O)NCCCN(C)Cc2ccccc2)CC1. The Hall–Kier alpha value is -2.28. The number of carbonyl (C=O) groups is 2. The molecule has 1 aromatic rings. The molecule has 27 heavy (non-hydrogen) atoms. The summed E-state index contributed by atoms with van der Waals surface area (Å²) in [5.41, 5.74) is 1.29. The van der Waals surface area contributed by atoms with Gasteiger partial charge in [-0.15, -0.1) is 0 Å². The third kappa shape index (κ3) is 7.86. The standard InChI is InChI=1S/C20H32N4O3/c1-3-27-20(26)24-14-10-18(11-15-24)22-19(25)21-12-7-13-23(2)16-17-8-5-4-6-9-17/h4-6,8-9,18H,3,7,10-16H2,1-2H3,(H2,21,22,25). The van der Waals surface area contributed by atoms with E-state index < -0.39 is 0 Å². The van der Waals surface area contributed by atoms with E-state index in [9.17, 15) is 9.59 Å². The molecule has 1 fully saturated rings. The molecule has 3 amide bonds. The summed E-state index contributed by atoms with van der Waals surface area (Å²) in [6.45, 7) is 5.91. The minimum absolute atomic E-state index is 0.108. The lowest BCUT2D eigenvalue weighted by atomic mass is 10.1. The van der Waals surface area contributed by atoms with Crippen LogP contribution < -0.4 is 10.6 Å². The molecule has 1 aromatic carbocycles. The van der Waals surface area contributed by atoms with Gasteiger partial charge in [0.15, 0.2) is 0 Å². The highest BCUT2D eigenvalue weighted by atomic mass is 16.6. The number of amides is 3. The average Bonchev–Trinajstić information content (AvgIpc) is 2.67. The number of benzene rings is 1. The highest BCUT2D eigenvalue weighted by Crippen LogP contribution is 2.11. The Labute approximate surface area is 162 Å². The lowest BCUT2D eigenvalue weighted by molar-refractivity contribution is 0.0957. The second-order valence-electron chi connectivity index (χ2n) is 6.94. The molecule has 0 radical (unpaired) electrons. The lowest BCUT2D eigenvalue weighted by Gasteiger charge is -2.31. The topological polar surface area (TPSA) is 73.9 Å². The molecule has 7 nitrogen and oxygen atoms in total. The monoisotopic (exact) mass is 376 g/mol. The number of hydrogen-bond donors (Lipinski definition) is 2. The second-order valence-corrected chi connectivity index (χ2v) is 6.94. The van der Waals surface area contributed by atoms with E-state index in [1.54, 1.807) is 11.8 Å². The summed E-state index contributed by atoms with van der Waals surface area (Å²) in [5, 5.41) is 5.92. The van der Waals surface area contributed by atoms with Crippen molar-refractivity contribution < 1.29 is 14.3 Å². The highest BCUT2D eigenvalue weighted by molar-refractivity contribution is 5.74. The van der Waals surface area contributed by atoms with Gasteiger partial charge in [-0.05, 0) is 45.3 Å². The fourth-order valence-corrected chi connectivity index (χ4v) is 3.18. The van der Waals surface area contributed by atoms with Gasteiger partial charge >= 0.3 is 12.1 Å². The maximum atomic E-state index is 12.0. The normalized spacial score (nSPS) is 14.9. The van der Waals surface area contributed by atoms with Crippen LogP contribution in [0.2, 0.25) is 0 Å². The zero-order valence-electron chi connectivity index (χ0n) is 16.4. The molecule has 7 heteroatoms. The van der Waals surface area contributed by atoms with Gasteiger partial charge in [0.05, 0.1) is 6.61 Å². The van der Waals surface area contributed by atoms with Crippen LogP contribution in [0.25, 0.3) is 0 Å². The van der Waals surface area contributed by atoms with Crippen molar-refractivity contribution in [1.82, 2.24) is 20.4 Å². The van der Waals surface area contributed by atoms with E-state index >= 15 is 0 Å². The van der Waals surface area contributed by atoms with E-state index in [2.05, 4.69) is 34.7 Å². The fourth-order valence-electron chi connectivity index (χ4n) is 3.18. The maximum absolute atomic E-state index is 12.0. The number of piperidine rings is 1. The average molecular weight is 377 g/mol. The van der Waals surface area contributed by atoms with Crippen LogP contribution >= 0.6 is 0 Å². The van der Waals surface area contributed by atoms with Crippen molar-refractivity contribution in [1.29, 1.82) is 0 Å². The second kappa shape index (κ2) is 11.4. The summed E-state index contributed by atoms with van der Waals surface area (Å²) < 4.78 is 5.00. The molecule has 150 valence electrons. The summed E-state index contributed by atoms with van der Waals surface area (Å²) in [6.07, 6.45) is 2.15. The number of nitrogens with zero attached hydrogens (tertiary/aromatic N) is 2. The molecule has 0 spiro atoms. The van der Waals surface area contributed by atoms with Crippen molar-refractivity contribution in [3.8, 4) is 0 Å². The van der Waals surface area contributed by atoms with Crippen molar-refractivity contribution in [3.63, 3.8) is 0 Å². The summed E-state index contributed by atoms with van der Waals surface area (Å²) in [5.74, 6) is 0. The van der Waals surface area contributed by atoms with Crippen LogP contribution in [-0.4, -0.2) is 67.8 Å². The van der Waals surface area contributed by atoms with Crippen molar-refractivity contribution in [2.75, 3.05) is 39.8 Å². The van der Waals surface area contributed by atoms with E-state index in [-0.39, 0.29) is 18.2 Å². The van der Waals surface area contributed by atoms with Gasteiger partial charge in [-0.3, -0.25) is 0 Å². The summed E-state index contributed by atoms with van der Waals surface area (Å²) in [7, 11) is 2.09. The minimum Gasteiger partial charge on any atom is -0.450 e. The van der Waals surface area contributed by atoms with Crippen molar-refractivity contribution in [2.45, 2.75) is 38.8 Å². The Balaban J connectivity index is 1.54. The smallest absolute Gasteiger partial charge is 0.409 e. The summed E-state index contributed by atoms with van der Waals surface area (Å²) >= 11 is 0. The molecule has 0 aliphatic carbocycles. The van der Waals surface area contributed by atoms with Gasteiger partial charge in [0.1, 0.15) is 0 Å². The Kier molecular flexibility index (Phi) is 8.91. The summed E-state index contributed by atoms with van der Waals surface area (Å²) in [4.78, 5) is 27.6. The number of urea groups is 1. The quantitative estimate of drug-likeness (QED) is 0.684. The molecule has 1 saturated heterocycles. The van der Waals surface area contributed by atoms with E-state index in [1.807, 2.05) is 18.2 Å². The molecule has 0 atom stereocenters. The molecule has 2 rings (SSSR count). The molecule has 1 heterocycles. The van der Waals surface area contributed by atoms with Crippen LogP contribution in [0, 0.1) is 0 Å². The van der Waals surface area contributed by atoms with Crippen LogP contribution in [0.5, 0.6) is 0 Å². The third-order valence-corrected chi connectivity index (χ3v) is 4.65. The van der Waals surface area contributed by atoms with Gasteiger partial charge in [0.25, 0.3) is 0 Å². The van der Waals surface area contributed by atoms with Crippen LogP contribution in [-0.2, 0) is 11.3 Å². The van der Waals surface area contributed by atoms with E-state index in [0.29, 0.717) is 26.2 Å². The highest BCUT2D eigenvalue weighted by Gasteiger charge is 2.24. The van der Waals surface area contributed by atoms with Gasteiger partial charge in [0, 0.05) is 32.2 Å². The third-order valence-electron chi connectivity index (χ3n) is 4.65. The zero-order valence-corrected chi connectivity index (χ0v) is 16.4. The predicted molar refractivity (Wildman–Crippen MR) is 106 cm³/mol. The molecular formula is C20H32N4O3. The number of rotatable bonds is 8. The molecule has 1 aliphatic rings. The first-order valence-corrected chi connectivity index (χ1v) is 9.77. The molecule has 0 bridgehead atoms. The fraction of sp³-hybridized carbons (Fsp3) is 0.600. The van der Waals surface area contributed by atoms with E-state index in [4.69, 9.17) is 4.74 Å². The lowest BCUT2D eigenvalue weighted by Crippen LogP contribution is -2.49. The predicted octanol–water partition coefficient (Wildman–Crippen LogP) is 2.43. The van der Waals surface area contributed by atoms with Crippen LogP contribution in [0.3, 0.4) is 0 Å². The number of carbonyl (C=O) groups excluding carboxylic acids is 2. The van der Waals surface area contributed by atoms with E-state index in [1.165, 1.54) is 5.56 Å². The van der Waals surface area contributed by atoms with Crippen molar-refractivity contribution in [3.05, 3.63) is 35.9 Å². The van der Waals surface area contributed by atoms with Crippen molar-refractivity contribution in [2.24, 2.45) is 0 Å². The number of likely N-dealkylation sites (tertiary alicyclic amines) is 1. The van der Waals surface area contributed by atoms with Gasteiger partial charge in [-0.1, -0.05) is 30.3 Å². The zero-order chi connectivity index (χ0) is 19.5. The number of hydrogen-bond acceptors (Lipinski definition) is 4. The molecule has 1 aliphatic heterocycles. The Morgan fingerprint density at radius 1 is 1.22 bits per heavy atom. The van der Waals surface area contributed by atoms with Gasteiger partial charge < -0.3 is 25.2 Å². The number of ether oxygens (including phenoxy) is 1. The Bertz CT molecular complexity index is 574. The van der Waals surface area contributed by atoms with E-state index in [0.717, 1.165) is 32.4 Å². The number of nitrogens with one attached hydrogen (secondary N) is 2. The van der Waals surface area contributed by atoms with Gasteiger partial charge in [-0.25, -0.2) is 9.59 Å². The molecule has 0 aromatic heterocycles. The first-order valence-electron chi connectivity index (χ1n) is 9.77. The van der Waals surface area contributed by atoms with Gasteiger partial charge in [0.2, 0.25) is 0 Å². The largest absolute Gasteiger partial charge is 0.450 e. The van der Waals surface area contributed by atoms with Crippen LogP contribution in [0.1, 0.15) is 31.7 Å². The van der Waals surface area contributed by atoms with Crippen LogP contribution in [0.15, 0.2) is 30.3 Å². The molecular weight excluding hydrogens is 344 g/mol. The summed E-state index contributed by atoms with van der Waals surface area (Å²) in [6, 6.07) is 10.3. The Morgan fingerprint density at radius 2 is 1.93 bits per heavy atom. The molecule has 2 N–H and O–H groups in total. The first-order chi connectivity index (χ1) is 13.1. The molecule has 0 saturated carbocycles. The minimum atomic E-state index is -0.264. The van der Waals surface area contributed by atoms with Crippen molar-refractivity contribution >= 4 is 12.1 Å².